The van der Waals surface area contributed by atoms with Gasteiger partial charge in [-0.15, -0.1) is 11.3 Å². The summed E-state index contributed by atoms with van der Waals surface area (Å²) in [5, 5.41) is 3.96. The number of primary amides is 1. The zero-order chi connectivity index (χ0) is 20.5. The number of amides is 1. The average molecular weight is 415 g/mol. The number of hydrogen-bond acceptors (Lipinski definition) is 7. The zero-order valence-corrected chi connectivity index (χ0v) is 17.1. The Balaban J connectivity index is 1.69. The van der Waals surface area contributed by atoms with E-state index in [2.05, 4.69) is 20.2 Å². The number of ether oxygens (including phenoxy) is 1. The molecular formula is C20H22FN5O2S. The van der Waals surface area contributed by atoms with Crippen molar-refractivity contribution >= 4 is 39.0 Å². The molecule has 3 aromatic rings. The Morgan fingerprint density at radius 1 is 1.41 bits per heavy atom. The molecule has 3 N–H and O–H groups in total. The van der Waals surface area contributed by atoms with Crippen molar-refractivity contribution in [2.75, 3.05) is 25.5 Å². The number of aromatic nitrogens is 2. The summed E-state index contributed by atoms with van der Waals surface area (Å²) in [6.07, 6.45) is 3.37. The first-order chi connectivity index (χ1) is 13.9. The van der Waals surface area contributed by atoms with Crippen molar-refractivity contribution in [3.63, 3.8) is 0 Å². The van der Waals surface area contributed by atoms with Crippen molar-refractivity contribution in [3.05, 3.63) is 40.8 Å². The molecule has 4 rings (SSSR count). The summed E-state index contributed by atoms with van der Waals surface area (Å²) < 4.78 is 20.1. The van der Waals surface area contributed by atoms with Crippen molar-refractivity contribution in [1.82, 2.24) is 14.9 Å². The van der Waals surface area contributed by atoms with Crippen molar-refractivity contribution in [2.24, 2.45) is 5.73 Å². The fraction of sp³-hybridized carbons (Fsp3) is 0.350. The summed E-state index contributed by atoms with van der Waals surface area (Å²) in [7, 11) is 2.05. The highest BCUT2D eigenvalue weighted by atomic mass is 32.1. The molecule has 7 nitrogen and oxygen atoms in total. The van der Waals surface area contributed by atoms with Crippen molar-refractivity contribution in [2.45, 2.75) is 25.9 Å². The summed E-state index contributed by atoms with van der Waals surface area (Å²) in [5.41, 5.74) is 6.80. The van der Waals surface area contributed by atoms with Crippen LogP contribution in [0.2, 0.25) is 0 Å². The quantitative estimate of drug-likeness (QED) is 0.663. The lowest BCUT2D eigenvalue weighted by Gasteiger charge is -2.30. The number of likely N-dealkylation sites (tertiary alicyclic amines) is 1. The van der Waals surface area contributed by atoms with Gasteiger partial charge in [-0.3, -0.25) is 4.79 Å². The standard InChI is InChI=1S/C20H22FN5O2S/c1-11-16-19(23-10-24-20(16)29-17(11)18(22)27)25-14-6-5-12(21)8-15(14)28-13-4-3-7-26(2)9-13/h5-6,8,10,13H,3-4,7,9H2,1-2H3,(H2,22,27)(H,23,24,25)/t13-/m0/s1. The van der Waals surface area contributed by atoms with E-state index in [0.29, 0.717) is 27.0 Å². The maximum absolute atomic E-state index is 13.9. The lowest BCUT2D eigenvalue weighted by atomic mass is 10.1. The second kappa shape index (κ2) is 7.92. The molecule has 9 heteroatoms. The van der Waals surface area contributed by atoms with Gasteiger partial charge >= 0.3 is 0 Å². The topological polar surface area (TPSA) is 93.4 Å². The minimum Gasteiger partial charge on any atom is -0.487 e. The predicted molar refractivity (Wildman–Crippen MR) is 111 cm³/mol. The summed E-state index contributed by atoms with van der Waals surface area (Å²) in [4.78, 5) is 23.6. The van der Waals surface area contributed by atoms with Crippen LogP contribution in [0.4, 0.5) is 15.9 Å². The van der Waals surface area contributed by atoms with E-state index < -0.39 is 5.91 Å². The molecule has 0 spiro atoms. The van der Waals surface area contributed by atoms with Crippen LogP contribution < -0.4 is 15.8 Å². The van der Waals surface area contributed by atoms with E-state index in [9.17, 15) is 9.18 Å². The molecule has 0 aliphatic carbocycles. The predicted octanol–water partition coefficient (Wildman–Crippen LogP) is 3.45. The normalized spacial score (nSPS) is 17.4. The SMILES string of the molecule is Cc1c(C(N)=O)sc2ncnc(Nc3ccc(F)cc3O[C@H]3CCCN(C)C3)c12. The maximum Gasteiger partial charge on any atom is 0.259 e. The van der Waals surface area contributed by atoms with Crippen molar-refractivity contribution in [3.8, 4) is 5.75 Å². The van der Waals surface area contributed by atoms with Gasteiger partial charge in [0, 0.05) is 12.6 Å². The van der Waals surface area contributed by atoms with Crippen LogP contribution in [0.15, 0.2) is 24.5 Å². The number of thiophene rings is 1. The summed E-state index contributed by atoms with van der Waals surface area (Å²) in [5.74, 6) is 0.0856. The van der Waals surface area contributed by atoms with Gasteiger partial charge in [-0.25, -0.2) is 14.4 Å². The van der Waals surface area contributed by atoms with Gasteiger partial charge in [-0.2, -0.15) is 0 Å². The van der Waals surface area contributed by atoms with Crippen LogP contribution in [0.25, 0.3) is 10.2 Å². The van der Waals surface area contributed by atoms with E-state index in [0.717, 1.165) is 36.9 Å². The van der Waals surface area contributed by atoms with Crippen molar-refractivity contribution < 1.29 is 13.9 Å². The number of benzene rings is 1. The number of aryl methyl sites for hydroxylation is 1. The Kier molecular flexibility index (Phi) is 5.33. The number of hydrogen-bond donors (Lipinski definition) is 2. The molecular weight excluding hydrogens is 393 g/mol. The highest BCUT2D eigenvalue weighted by Crippen LogP contribution is 2.36. The summed E-state index contributed by atoms with van der Waals surface area (Å²) in [6.45, 7) is 3.64. The monoisotopic (exact) mass is 415 g/mol. The first-order valence-corrected chi connectivity index (χ1v) is 10.2. The third-order valence-electron chi connectivity index (χ3n) is 5.02. The molecule has 29 heavy (non-hydrogen) atoms. The molecule has 1 fully saturated rings. The molecule has 152 valence electrons. The molecule has 1 saturated heterocycles. The second-order valence-corrected chi connectivity index (χ2v) is 8.23. The Morgan fingerprint density at radius 2 is 2.24 bits per heavy atom. The number of halogens is 1. The number of nitrogens with zero attached hydrogens (tertiary/aromatic N) is 3. The smallest absolute Gasteiger partial charge is 0.259 e. The van der Waals surface area contributed by atoms with Crippen LogP contribution in [0.3, 0.4) is 0 Å². The first kappa shape index (κ1) is 19.5. The lowest BCUT2D eigenvalue weighted by Crippen LogP contribution is -2.38. The molecule has 2 aromatic heterocycles. The fourth-order valence-electron chi connectivity index (χ4n) is 3.62. The van der Waals surface area contributed by atoms with Gasteiger partial charge in [0.05, 0.1) is 16.0 Å². The number of rotatable bonds is 5. The number of nitrogens with one attached hydrogen (secondary N) is 1. The van der Waals surface area contributed by atoms with E-state index in [1.165, 1.54) is 29.8 Å². The van der Waals surface area contributed by atoms with Crippen LogP contribution in [0, 0.1) is 12.7 Å². The van der Waals surface area contributed by atoms with Crippen molar-refractivity contribution in [1.29, 1.82) is 0 Å². The number of carbonyl (C=O) groups excluding carboxylic acids is 1. The third kappa shape index (κ3) is 4.01. The van der Waals surface area contributed by atoms with Gasteiger partial charge in [-0.1, -0.05) is 0 Å². The molecule has 0 radical (unpaired) electrons. The molecule has 1 amide bonds. The Labute approximate surface area is 171 Å². The Bertz CT molecular complexity index is 1070. The van der Waals surface area contributed by atoms with Gasteiger partial charge < -0.3 is 20.7 Å². The molecule has 1 aliphatic rings. The molecule has 1 atom stereocenters. The fourth-order valence-corrected chi connectivity index (χ4v) is 4.62. The highest BCUT2D eigenvalue weighted by Gasteiger charge is 2.22. The van der Waals surface area contributed by atoms with E-state index >= 15 is 0 Å². The van der Waals surface area contributed by atoms with Crippen LogP contribution in [-0.2, 0) is 0 Å². The van der Waals surface area contributed by atoms with E-state index in [1.54, 1.807) is 6.07 Å². The minimum absolute atomic E-state index is 0.00846. The molecule has 1 aromatic carbocycles. The van der Waals surface area contributed by atoms with Gasteiger partial charge in [0.1, 0.15) is 34.6 Å². The van der Waals surface area contributed by atoms with E-state index in [1.807, 2.05) is 14.0 Å². The number of carbonyl (C=O) groups is 1. The van der Waals surface area contributed by atoms with Crippen LogP contribution in [-0.4, -0.2) is 47.0 Å². The largest absolute Gasteiger partial charge is 0.487 e. The van der Waals surface area contributed by atoms with Gasteiger partial charge in [0.2, 0.25) is 0 Å². The number of nitrogens with two attached hydrogens (primary N) is 1. The highest BCUT2D eigenvalue weighted by molar-refractivity contribution is 7.20. The Morgan fingerprint density at radius 3 is 3.00 bits per heavy atom. The number of likely N-dealkylation sites (N-methyl/N-ethyl adjacent to an activating group) is 1. The minimum atomic E-state index is -0.497. The van der Waals surface area contributed by atoms with Crippen LogP contribution >= 0.6 is 11.3 Å². The van der Waals surface area contributed by atoms with Gasteiger partial charge in [0.15, 0.2) is 0 Å². The van der Waals surface area contributed by atoms with E-state index in [4.69, 9.17) is 10.5 Å². The average Bonchev–Trinajstić information content (AvgIpc) is 3.02. The Hall–Kier alpha value is -2.78. The second-order valence-electron chi connectivity index (χ2n) is 7.23. The van der Waals surface area contributed by atoms with Crippen LogP contribution in [0.5, 0.6) is 5.75 Å². The van der Waals surface area contributed by atoms with E-state index in [-0.39, 0.29) is 11.9 Å². The molecule has 3 heterocycles. The summed E-state index contributed by atoms with van der Waals surface area (Å²) in [6, 6.07) is 4.38. The molecule has 1 aliphatic heterocycles. The number of fused-ring (bicyclic) bond motifs is 1. The van der Waals surface area contributed by atoms with Gasteiger partial charge in [0.25, 0.3) is 5.91 Å². The number of anilines is 2. The molecule has 0 unspecified atom stereocenters. The first-order valence-electron chi connectivity index (χ1n) is 9.38. The zero-order valence-electron chi connectivity index (χ0n) is 16.2. The van der Waals surface area contributed by atoms with Crippen LogP contribution in [0.1, 0.15) is 28.1 Å². The maximum atomic E-state index is 13.9. The number of piperidine rings is 1. The third-order valence-corrected chi connectivity index (χ3v) is 6.24. The molecule has 0 saturated carbocycles. The lowest BCUT2D eigenvalue weighted by molar-refractivity contribution is 0.100. The molecule has 0 bridgehead atoms. The van der Waals surface area contributed by atoms with Gasteiger partial charge in [-0.05, 0) is 51.1 Å². The summed E-state index contributed by atoms with van der Waals surface area (Å²) >= 11 is 1.23.